The Balaban J connectivity index is 2.24. The lowest BCUT2D eigenvalue weighted by Crippen LogP contribution is -2.22. The van der Waals surface area contributed by atoms with Crippen molar-refractivity contribution >= 4 is 22.9 Å². The molecule has 2 aromatic carbocycles. The monoisotopic (exact) mass is 288 g/mol. The lowest BCUT2D eigenvalue weighted by molar-refractivity contribution is 0.585. The molecule has 0 bridgehead atoms. The van der Waals surface area contributed by atoms with E-state index >= 15 is 0 Å². The minimum atomic E-state index is -0.188. The van der Waals surface area contributed by atoms with Crippen LogP contribution in [-0.4, -0.2) is 12.0 Å². The first-order valence-corrected chi connectivity index (χ1v) is 6.78. The molecule has 0 saturated heterocycles. The maximum absolute atomic E-state index is 13.8. The molecule has 20 heavy (non-hydrogen) atoms. The third kappa shape index (κ3) is 2.96. The van der Waals surface area contributed by atoms with Gasteiger partial charge in [0.25, 0.3) is 0 Å². The minimum Gasteiger partial charge on any atom is -0.389 e. The van der Waals surface area contributed by atoms with Crippen molar-refractivity contribution in [3.63, 3.8) is 0 Å². The van der Waals surface area contributed by atoms with Gasteiger partial charge in [0, 0.05) is 23.9 Å². The summed E-state index contributed by atoms with van der Waals surface area (Å²) < 4.78 is 13.8. The van der Waals surface area contributed by atoms with Crippen molar-refractivity contribution in [1.82, 2.24) is 0 Å². The minimum absolute atomic E-state index is 0.0631. The molecule has 2 N–H and O–H groups in total. The van der Waals surface area contributed by atoms with Gasteiger partial charge < -0.3 is 10.6 Å². The zero-order valence-corrected chi connectivity index (χ0v) is 12.3. The Labute approximate surface area is 124 Å². The molecular formula is C16H17FN2S. The maximum atomic E-state index is 13.8. The smallest absolute Gasteiger partial charge is 0.128 e. The Morgan fingerprint density at radius 2 is 1.75 bits per heavy atom. The van der Waals surface area contributed by atoms with Gasteiger partial charge in [0.1, 0.15) is 10.8 Å². The lowest BCUT2D eigenvalue weighted by atomic mass is 10.1. The average molecular weight is 288 g/mol. The summed E-state index contributed by atoms with van der Waals surface area (Å²) in [5.74, 6) is -0.188. The van der Waals surface area contributed by atoms with Gasteiger partial charge in [0.15, 0.2) is 0 Å². The van der Waals surface area contributed by atoms with Crippen molar-refractivity contribution in [3.05, 3.63) is 65.5 Å². The summed E-state index contributed by atoms with van der Waals surface area (Å²) in [5, 5.41) is 0. The van der Waals surface area contributed by atoms with Crippen molar-refractivity contribution in [3.8, 4) is 0 Å². The first kappa shape index (κ1) is 14.5. The molecule has 0 amide bonds. The van der Waals surface area contributed by atoms with Crippen LogP contribution in [0, 0.1) is 5.82 Å². The highest BCUT2D eigenvalue weighted by Crippen LogP contribution is 2.27. The molecule has 0 saturated carbocycles. The third-order valence-corrected chi connectivity index (χ3v) is 3.73. The van der Waals surface area contributed by atoms with E-state index in [2.05, 4.69) is 0 Å². The normalized spacial score (nSPS) is 11.9. The summed E-state index contributed by atoms with van der Waals surface area (Å²) in [6, 6.07) is 14.4. The number of nitrogens with zero attached hydrogens (tertiary/aromatic N) is 1. The molecule has 0 fully saturated rings. The number of hydrogen-bond acceptors (Lipinski definition) is 2. The molecule has 0 radical (unpaired) electrons. The van der Waals surface area contributed by atoms with Gasteiger partial charge in [-0.1, -0.05) is 30.4 Å². The summed E-state index contributed by atoms with van der Waals surface area (Å²) in [5.41, 5.74) is 8.07. The quantitative estimate of drug-likeness (QED) is 0.871. The van der Waals surface area contributed by atoms with Crippen LogP contribution in [0.1, 0.15) is 24.1 Å². The van der Waals surface area contributed by atoms with Crippen molar-refractivity contribution in [2.75, 3.05) is 11.9 Å². The highest BCUT2D eigenvalue weighted by Gasteiger charge is 2.15. The van der Waals surface area contributed by atoms with Crippen LogP contribution in [0.25, 0.3) is 0 Å². The second-order valence-corrected chi connectivity index (χ2v) is 5.16. The van der Waals surface area contributed by atoms with E-state index in [0.29, 0.717) is 10.6 Å². The van der Waals surface area contributed by atoms with Gasteiger partial charge in [-0.3, -0.25) is 0 Å². The van der Waals surface area contributed by atoms with Crippen LogP contribution in [0.5, 0.6) is 0 Å². The van der Waals surface area contributed by atoms with Crippen LogP contribution >= 0.6 is 12.2 Å². The van der Waals surface area contributed by atoms with E-state index in [9.17, 15) is 4.39 Å². The number of nitrogens with two attached hydrogens (primary N) is 1. The molecule has 104 valence electrons. The number of anilines is 1. The van der Waals surface area contributed by atoms with Crippen molar-refractivity contribution in [1.29, 1.82) is 0 Å². The third-order valence-electron chi connectivity index (χ3n) is 3.50. The molecule has 0 aliphatic heterocycles. The molecule has 1 atom stereocenters. The second-order valence-electron chi connectivity index (χ2n) is 4.72. The van der Waals surface area contributed by atoms with Gasteiger partial charge in [-0.2, -0.15) is 0 Å². The number of halogens is 1. The molecule has 0 aliphatic carbocycles. The van der Waals surface area contributed by atoms with E-state index in [0.717, 1.165) is 11.3 Å². The second kappa shape index (κ2) is 6.01. The van der Waals surface area contributed by atoms with Crippen LogP contribution < -0.4 is 10.6 Å². The van der Waals surface area contributed by atoms with Crippen molar-refractivity contribution in [2.45, 2.75) is 13.0 Å². The Bertz CT molecular complexity index is 610. The van der Waals surface area contributed by atoms with E-state index in [-0.39, 0.29) is 11.9 Å². The van der Waals surface area contributed by atoms with Crippen molar-refractivity contribution < 1.29 is 4.39 Å². The predicted molar refractivity (Wildman–Crippen MR) is 85.5 cm³/mol. The van der Waals surface area contributed by atoms with E-state index in [1.165, 1.54) is 6.07 Å². The predicted octanol–water partition coefficient (Wildman–Crippen LogP) is 3.66. The maximum Gasteiger partial charge on any atom is 0.128 e. The van der Waals surface area contributed by atoms with E-state index in [1.54, 1.807) is 12.1 Å². The molecule has 4 heteroatoms. The van der Waals surface area contributed by atoms with Crippen LogP contribution in [0.3, 0.4) is 0 Å². The summed E-state index contributed by atoms with van der Waals surface area (Å²) in [7, 11) is 1.94. The van der Waals surface area contributed by atoms with Crippen LogP contribution in [0.2, 0.25) is 0 Å². The lowest BCUT2D eigenvalue weighted by Gasteiger charge is -2.27. The summed E-state index contributed by atoms with van der Waals surface area (Å²) in [6.45, 7) is 1.97. The fourth-order valence-electron chi connectivity index (χ4n) is 2.11. The summed E-state index contributed by atoms with van der Waals surface area (Å²) in [6.07, 6.45) is 0. The number of rotatable bonds is 4. The van der Waals surface area contributed by atoms with Crippen molar-refractivity contribution in [2.24, 2.45) is 5.73 Å². The van der Waals surface area contributed by atoms with Gasteiger partial charge in [0.2, 0.25) is 0 Å². The van der Waals surface area contributed by atoms with Crippen LogP contribution in [0.15, 0.2) is 48.5 Å². The summed E-state index contributed by atoms with van der Waals surface area (Å²) in [4.78, 5) is 2.39. The Morgan fingerprint density at radius 1 is 1.15 bits per heavy atom. The van der Waals surface area contributed by atoms with Gasteiger partial charge in [-0.25, -0.2) is 4.39 Å². The first-order valence-electron chi connectivity index (χ1n) is 6.38. The van der Waals surface area contributed by atoms with Gasteiger partial charge in [-0.15, -0.1) is 0 Å². The molecule has 0 heterocycles. The molecule has 0 spiro atoms. The number of thiocarbonyl (C=S) groups is 1. The molecule has 0 aromatic heterocycles. The van der Waals surface area contributed by atoms with Crippen LogP contribution in [-0.2, 0) is 0 Å². The van der Waals surface area contributed by atoms with E-state index in [4.69, 9.17) is 18.0 Å². The van der Waals surface area contributed by atoms with E-state index in [1.807, 2.05) is 49.2 Å². The Hall–Kier alpha value is -1.94. The molecule has 2 nitrogen and oxygen atoms in total. The topological polar surface area (TPSA) is 29.3 Å². The highest BCUT2D eigenvalue weighted by molar-refractivity contribution is 7.80. The SMILES string of the molecule is CC(c1ccccc1F)N(C)c1ccc(C(N)=S)cc1. The average Bonchev–Trinajstić information content (AvgIpc) is 2.46. The number of benzene rings is 2. The van der Waals surface area contributed by atoms with E-state index < -0.39 is 0 Å². The molecule has 0 aliphatic rings. The zero-order valence-electron chi connectivity index (χ0n) is 11.5. The largest absolute Gasteiger partial charge is 0.389 e. The Kier molecular flexibility index (Phi) is 4.35. The van der Waals surface area contributed by atoms with Gasteiger partial charge in [-0.05, 0) is 37.3 Å². The zero-order chi connectivity index (χ0) is 14.7. The van der Waals surface area contributed by atoms with Gasteiger partial charge >= 0.3 is 0 Å². The van der Waals surface area contributed by atoms with Crippen LogP contribution in [0.4, 0.5) is 10.1 Å². The summed E-state index contributed by atoms with van der Waals surface area (Å²) >= 11 is 4.93. The molecule has 2 aromatic rings. The number of hydrogen-bond donors (Lipinski definition) is 1. The Morgan fingerprint density at radius 3 is 2.30 bits per heavy atom. The fourth-order valence-corrected chi connectivity index (χ4v) is 2.24. The highest BCUT2D eigenvalue weighted by atomic mass is 32.1. The standard InChI is InChI=1S/C16H17FN2S/c1-11(14-5-3-4-6-15(14)17)19(2)13-9-7-12(8-10-13)16(18)20/h3-11H,1-2H3,(H2,18,20). The molecule has 2 rings (SSSR count). The fraction of sp³-hybridized carbons (Fsp3) is 0.188. The van der Waals surface area contributed by atoms with Gasteiger partial charge in [0.05, 0.1) is 6.04 Å². The molecular weight excluding hydrogens is 271 g/mol. The molecule has 1 unspecified atom stereocenters. The first-order chi connectivity index (χ1) is 9.50.